The largest absolute Gasteiger partial charge is 0.473 e. The molecule has 0 bridgehead atoms. The van der Waals surface area contributed by atoms with Crippen LogP contribution < -0.4 is 10.6 Å². The van der Waals surface area contributed by atoms with E-state index in [1.807, 2.05) is 0 Å². The van der Waals surface area contributed by atoms with Gasteiger partial charge < -0.3 is 31.1 Å². The number of halogens is 1. The molecule has 1 aliphatic rings. The molecule has 1 atom stereocenters. The van der Waals surface area contributed by atoms with E-state index in [0.29, 0.717) is 6.04 Å². The summed E-state index contributed by atoms with van der Waals surface area (Å²) in [6, 6.07) is 7.06. The first-order valence-electron chi connectivity index (χ1n) is 7.28. The molecule has 0 aromatic heterocycles. The molecule has 0 spiro atoms. The third-order valence-electron chi connectivity index (χ3n) is 2.93. The van der Waals surface area contributed by atoms with Crippen LogP contribution in [0.25, 0.3) is 0 Å². The van der Waals surface area contributed by atoms with E-state index in [0.717, 1.165) is 18.8 Å². The van der Waals surface area contributed by atoms with E-state index in [4.69, 9.17) is 39.6 Å². The van der Waals surface area contributed by atoms with Gasteiger partial charge in [0.15, 0.2) is 0 Å². The number of hydrogen-bond donors (Lipinski definition) is 6. The van der Waals surface area contributed by atoms with Crippen LogP contribution in [-0.4, -0.2) is 63.4 Å². The van der Waals surface area contributed by atoms with Crippen LogP contribution in [0.15, 0.2) is 24.3 Å². The van der Waals surface area contributed by atoms with E-state index in [1.54, 1.807) is 12.1 Å². The zero-order valence-electron chi connectivity index (χ0n) is 13.5. The molecular weight excluding hydrogens is 355 g/mol. The number of anilines is 1. The van der Waals surface area contributed by atoms with E-state index in [-0.39, 0.29) is 5.82 Å². The van der Waals surface area contributed by atoms with Crippen molar-refractivity contribution >= 4 is 29.6 Å². The van der Waals surface area contributed by atoms with E-state index >= 15 is 0 Å². The molecule has 1 saturated heterocycles. The lowest BCUT2D eigenvalue weighted by atomic mass is 10.2. The minimum atomic E-state index is -1.82. The van der Waals surface area contributed by atoms with Crippen LogP contribution in [0.5, 0.6) is 0 Å². The van der Waals surface area contributed by atoms with Gasteiger partial charge in [0.25, 0.3) is 0 Å². The zero-order valence-corrected chi connectivity index (χ0v) is 13.5. The van der Waals surface area contributed by atoms with Crippen molar-refractivity contribution in [1.82, 2.24) is 5.32 Å². The molecule has 2 rings (SSSR count). The fourth-order valence-corrected chi connectivity index (χ4v) is 1.74. The van der Waals surface area contributed by atoms with Crippen LogP contribution in [0.3, 0.4) is 0 Å². The molecule has 10 nitrogen and oxygen atoms in total. The van der Waals surface area contributed by atoms with Crippen LogP contribution >= 0.6 is 0 Å². The summed E-state index contributed by atoms with van der Waals surface area (Å²) in [6.45, 7) is 2.04. The van der Waals surface area contributed by atoms with Crippen molar-refractivity contribution in [3.63, 3.8) is 0 Å². The number of aliphatic carboxylic acids is 4. The Labute approximate surface area is 147 Å². The average Bonchev–Trinajstić information content (AvgIpc) is 3.09. The maximum Gasteiger partial charge on any atom is 0.414 e. The first-order chi connectivity index (χ1) is 12.1. The lowest BCUT2D eigenvalue weighted by Gasteiger charge is -2.12. The first kappa shape index (κ1) is 22.8. The second-order valence-electron chi connectivity index (χ2n) is 4.90. The van der Waals surface area contributed by atoms with Gasteiger partial charge in [0.2, 0.25) is 0 Å². The Balaban J connectivity index is 0.000000437. The molecule has 144 valence electrons. The molecule has 1 heterocycles. The van der Waals surface area contributed by atoms with E-state index in [1.165, 1.54) is 25.0 Å². The van der Waals surface area contributed by atoms with Gasteiger partial charge in [-0.1, -0.05) is 0 Å². The monoisotopic (exact) mass is 374 g/mol. The topological polar surface area (TPSA) is 173 Å². The third-order valence-corrected chi connectivity index (χ3v) is 2.93. The van der Waals surface area contributed by atoms with Gasteiger partial charge in [-0.25, -0.2) is 23.6 Å². The Hall–Kier alpha value is -3.21. The second kappa shape index (κ2) is 12.2. The normalized spacial score (nSPS) is 14.7. The fourth-order valence-electron chi connectivity index (χ4n) is 1.74. The predicted octanol–water partition coefficient (Wildman–Crippen LogP) is 0.301. The van der Waals surface area contributed by atoms with Gasteiger partial charge in [-0.3, -0.25) is 0 Å². The molecular formula is C15H19FN2O8. The van der Waals surface area contributed by atoms with Crippen molar-refractivity contribution in [2.45, 2.75) is 18.9 Å². The highest BCUT2D eigenvalue weighted by Crippen LogP contribution is 2.10. The van der Waals surface area contributed by atoms with Gasteiger partial charge >= 0.3 is 23.9 Å². The van der Waals surface area contributed by atoms with Gasteiger partial charge in [0.1, 0.15) is 5.82 Å². The van der Waals surface area contributed by atoms with Gasteiger partial charge in [0, 0.05) is 18.3 Å². The number of carboxylic acid groups (broad SMARTS) is 4. The summed E-state index contributed by atoms with van der Waals surface area (Å²) in [5.74, 6) is -7.48. The van der Waals surface area contributed by atoms with Crippen molar-refractivity contribution in [2.24, 2.45) is 0 Å². The van der Waals surface area contributed by atoms with Crippen molar-refractivity contribution in [2.75, 3.05) is 18.4 Å². The maximum absolute atomic E-state index is 12.6. The molecule has 6 N–H and O–H groups in total. The summed E-state index contributed by atoms with van der Waals surface area (Å²) in [7, 11) is 0. The molecule has 1 aromatic rings. The summed E-state index contributed by atoms with van der Waals surface area (Å²) in [6.07, 6.45) is 2.49. The number of carboxylic acids is 4. The van der Waals surface area contributed by atoms with E-state index in [9.17, 15) is 4.39 Å². The summed E-state index contributed by atoms with van der Waals surface area (Å²) in [5, 5.41) is 36.3. The fraction of sp³-hybridized carbons (Fsp3) is 0.333. The summed E-state index contributed by atoms with van der Waals surface area (Å²) < 4.78 is 12.6. The molecule has 0 saturated carbocycles. The number of rotatable bonds is 3. The Kier molecular flexibility index (Phi) is 10.7. The molecule has 0 amide bonds. The summed E-state index contributed by atoms with van der Waals surface area (Å²) >= 11 is 0. The lowest BCUT2D eigenvalue weighted by molar-refractivity contribution is -0.159. The number of nitrogens with one attached hydrogen (secondary N) is 2. The number of benzene rings is 1. The van der Waals surface area contributed by atoms with Crippen molar-refractivity contribution in [3.8, 4) is 0 Å². The molecule has 0 radical (unpaired) electrons. The molecule has 11 heteroatoms. The van der Waals surface area contributed by atoms with Gasteiger partial charge in [-0.05, 0) is 43.7 Å². The Morgan fingerprint density at radius 1 is 0.962 bits per heavy atom. The van der Waals surface area contributed by atoms with Gasteiger partial charge in [-0.15, -0.1) is 0 Å². The average molecular weight is 374 g/mol. The SMILES string of the molecule is Fc1ccc(NCC2CCCN2)cc1.O=C(O)C(=O)O.O=C(O)C(=O)O. The Bertz CT molecular complexity index is 567. The highest BCUT2D eigenvalue weighted by atomic mass is 19.1. The summed E-state index contributed by atoms with van der Waals surface area (Å²) in [4.78, 5) is 36.4. The maximum atomic E-state index is 12.6. The van der Waals surface area contributed by atoms with Crippen LogP contribution in [-0.2, 0) is 19.2 Å². The van der Waals surface area contributed by atoms with Gasteiger partial charge in [-0.2, -0.15) is 0 Å². The second-order valence-corrected chi connectivity index (χ2v) is 4.90. The molecule has 0 aliphatic carbocycles. The molecule has 1 unspecified atom stereocenters. The highest BCUT2D eigenvalue weighted by molar-refractivity contribution is 6.27. The minimum Gasteiger partial charge on any atom is -0.473 e. The van der Waals surface area contributed by atoms with Crippen molar-refractivity contribution < 1.29 is 44.0 Å². The zero-order chi connectivity index (χ0) is 20.1. The standard InChI is InChI=1S/C11H15FN2.2C2H2O4/c12-9-3-5-10(6-4-9)14-8-11-2-1-7-13-11;2*3-1(4)2(5)6/h3-6,11,13-14H,1-2,7-8H2;2*(H,3,4)(H,5,6). The quantitative estimate of drug-likeness (QED) is 0.404. The van der Waals surface area contributed by atoms with Crippen LogP contribution in [0.4, 0.5) is 10.1 Å². The first-order valence-corrected chi connectivity index (χ1v) is 7.28. The smallest absolute Gasteiger partial charge is 0.414 e. The lowest BCUT2D eigenvalue weighted by Crippen LogP contribution is -2.29. The van der Waals surface area contributed by atoms with Crippen molar-refractivity contribution in [3.05, 3.63) is 30.1 Å². The molecule has 1 aliphatic heterocycles. The number of hydrogen-bond acceptors (Lipinski definition) is 6. The minimum absolute atomic E-state index is 0.186. The van der Waals surface area contributed by atoms with Crippen LogP contribution in [0.1, 0.15) is 12.8 Å². The predicted molar refractivity (Wildman–Crippen MR) is 86.5 cm³/mol. The Morgan fingerprint density at radius 2 is 1.42 bits per heavy atom. The van der Waals surface area contributed by atoms with Crippen molar-refractivity contribution in [1.29, 1.82) is 0 Å². The Morgan fingerprint density at radius 3 is 1.77 bits per heavy atom. The van der Waals surface area contributed by atoms with E-state index in [2.05, 4.69) is 10.6 Å². The molecule has 1 aromatic carbocycles. The third kappa shape index (κ3) is 11.3. The molecule has 26 heavy (non-hydrogen) atoms. The highest BCUT2D eigenvalue weighted by Gasteiger charge is 2.12. The molecule has 1 fully saturated rings. The van der Waals surface area contributed by atoms with Crippen LogP contribution in [0, 0.1) is 5.82 Å². The van der Waals surface area contributed by atoms with Gasteiger partial charge in [0.05, 0.1) is 0 Å². The van der Waals surface area contributed by atoms with E-state index < -0.39 is 23.9 Å². The number of carbonyl (C=O) groups is 4. The van der Waals surface area contributed by atoms with Crippen LogP contribution in [0.2, 0.25) is 0 Å². The summed E-state index contributed by atoms with van der Waals surface area (Å²) in [5.41, 5.74) is 0.986.